The highest BCUT2D eigenvalue weighted by molar-refractivity contribution is 6.30. The first kappa shape index (κ1) is 8.97. The van der Waals surface area contributed by atoms with Crippen molar-refractivity contribution in [3.63, 3.8) is 0 Å². The SMILES string of the molecule is NCc1cc(C2CCC2)cnc1Cl. The third kappa shape index (κ3) is 1.69. The van der Waals surface area contributed by atoms with Gasteiger partial charge in [-0.15, -0.1) is 0 Å². The molecule has 2 nitrogen and oxygen atoms in total. The Morgan fingerprint density at radius 1 is 1.54 bits per heavy atom. The van der Waals surface area contributed by atoms with Gasteiger partial charge in [0.05, 0.1) is 0 Å². The van der Waals surface area contributed by atoms with Crippen LogP contribution < -0.4 is 5.73 Å². The van der Waals surface area contributed by atoms with Crippen LogP contribution in [0.1, 0.15) is 36.3 Å². The predicted octanol–water partition coefficient (Wildman–Crippen LogP) is 2.46. The normalized spacial score (nSPS) is 17.1. The zero-order valence-corrected chi connectivity index (χ0v) is 8.22. The maximum Gasteiger partial charge on any atom is 0.133 e. The second-order valence-electron chi connectivity index (χ2n) is 3.55. The molecular formula is C10H13ClN2. The first-order valence-electron chi connectivity index (χ1n) is 4.65. The van der Waals surface area contributed by atoms with E-state index in [-0.39, 0.29) is 0 Å². The van der Waals surface area contributed by atoms with E-state index in [1.807, 2.05) is 6.20 Å². The average Bonchev–Trinajstić information content (AvgIpc) is 2.05. The lowest BCUT2D eigenvalue weighted by molar-refractivity contribution is 0.418. The fraction of sp³-hybridized carbons (Fsp3) is 0.500. The molecule has 1 aliphatic carbocycles. The fourth-order valence-corrected chi connectivity index (χ4v) is 1.80. The van der Waals surface area contributed by atoms with Crippen LogP contribution in [-0.2, 0) is 6.54 Å². The minimum Gasteiger partial charge on any atom is -0.326 e. The smallest absolute Gasteiger partial charge is 0.133 e. The van der Waals surface area contributed by atoms with E-state index in [0.29, 0.717) is 17.6 Å². The third-order valence-electron chi connectivity index (χ3n) is 2.73. The summed E-state index contributed by atoms with van der Waals surface area (Å²) in [5.74, 6) is 0.704. The van der Waals surface area contributed by atoms with E-state index in [0.717, 1.165) is 5.56 Å². The van der Waals surface area contributed by atoms with Gasteiger partial charge in [0.1, 0.15) is 5.15 Å². The highest BCUT2D eigenvalue weighted by Crippen LogP contribution is 2.36. The fourth-order valence-electron chi connectivity index (χ4n) is 1.62. The largest absolute Gasteiger partial charge is 0.326 e. The van der Waals surface area contributed by atoms with Crippen molar-refractivity contribution in [1.82, 2.24) is 4.98 Å². The van der Waals surface area contributed by atoms with E-state index in [9.17, 15) is 0 Å². The second-order valence-corrected chi connectivity index (χ2v) is 3.91. The zero-order valence-electron chi connectivity index (χ0n) is 7.46. The van der Waals surface area contributed by atoms with Crippen molar-refractivity contribution in [2.75, 3.05) is 0 Å². The van der Waals surface area contributed by atoms with Crippen LogP contribution in [0.3, 0.4) is 0 Å². The molecule has 0 aromatic carbocycles. The number of hydrogen-bond acceptors (Lipinski definition) is 2. The minimum absolute atomic E-state index is 0.479. The lowest BCUT2D eigenvalue weighted by Gasteiger charge is -2.25. The summed E-state index contributed by atoms with van der Waals surface area (Å²) in [6, 6.07) is 2.10. The average molecular weight is 197 g/mol. The first-order valence-corrected chi connectivity index (χ1v) is 5.03. The summed E-state index contributed by atoms with van der Waals surface area (Å²) in [6.45, 7) is 0.479. The summed E-state index contributed by atoms with van der Waals surface area (Å²) < 4.78 is 0. The number of hydrogen-bond donors (Lipinski definition) is 1. The molecule has 1 fully saturated rings. The van der Waals surface area contributed by atoms with E-state index in [1.54, 1.807) is 0 Å². The van der Waals surface area contributed by atoms with Crippen molar-refractivity contribution in [3.8, 4) is 0 Å². The van der Waals surface area contributed by atoms with Crippen LogP contribution in [0, 0.1) is 0 Å². The van der Waals surface area contributed by atoms with Crippen LogP contribution in [0.2, 0.25) is 5.15 Å². The Balaban J connectivity index is 2.26. The molecule has 1 aromatic heterocycles. The van der Waals surface area contributed by atoms with Gasteiger partial charge in [0, 0.05) is 18.3 Å². The first-order chi connectivity index (χ1) is 6.31. The standard InChI is InChI=1S/C10H13ClN2/c11-10-8(5-12)4-9(6-13-10)7-2-1-3-7/h4,6-7H,1-3,5,12H2. The maximum absolute atomic E-state index is 5.87. The highest BCUT2D eigenvalue weighted by Gasteiger charge is 2.20. The summed E-state index contributed by atoms with van der Waals surface area (Å²) >= 11 is 5.87. The summed E-state index contributed by atoms with van der Waals surface area (Å²) in [7, 11) is 0. The molecule has 1 saturated carbocycles. The molecule has 0 atom stereocenters. The van der Waals surface area contributed by atoms with Crippen LogP contribution in [0.15, 0.2) is 12.3 Å². The summed E-state index contributed by atoms with van der Waals surface area (Å²) in [5, 5.41) is 0.547. The van der Waals surface area contributed by atoms with Crippen molar-refractivity contribution >= 4 is 11.6 Å². The number of nitrogens with zero attached hydrogens (tertiary/aromatic N) is 1. The Hall–Kier alpha value is -0.600. The van der Waals surface area contributed by atoms with E-state index >= 15 is 0 Å². The van der Waals surface area contributed by atoms with Gasteiger partial charge < -0.3 is 5.73 Å². The highest BCUT2D eigenvalue weighted by atomic mass is 35.5. The van der Waals surface area contributed by atoms with Gasteiger partial charge in [0.25, 0.3) is 0 Å². The number of rotatable bonds is 2. The van der Waals surface area contributed by atoms with Crippen molar-refractivity contribution < 1.29 is 0 Å². The van der Waals surface area contributed by atoms with Gasteiger partial charge in [0.2, 0.25) is 0 Å². The molecule has 0 spiro atoms. The van der Waals surface area contributed by atoms with E-state index < -0.39 is 0 Å². The summed E-state index contributed by atoms with van der Waals surface area (Å²) in [6.07, 6.45) is 5.79. The van der Waals surface area contributed by atoms with Crippen LogP contribution >= 0.6 is 11.6 Å². The molecule has 13 heavy (non-hydrogen) atoms. The van der Waals surface area contributed by atoms with Crippen molar-refractivity contribution in [1.29, 1.82) is 0 Å². The van der Waals surface area contributed by atoms with Crippen LogP contribution in [0.25, 0.3) is 0 Å². The molecule has 3 heteroatoms. The van der Waals surface area contributed by atoms with Gasteiger partial charge in [-0.05, 0) is 30.4 Å². The van der Waals surface area contributed by atoms with Crippen molar-refractivity contribution in [2.24, 2.45) is 5.73 Å². The predicted molar refractivity (Wildman–Crippen MR) is 53.7 cm³/mol. The quantitative estimate of drug-likeness (QED) is 0.739. The van der Waals surface area contributed by atoms with E-state index in [1.165, 1.54) is 24.8 Å². The van der Waals surface area contributed by atoms with Crippen molar-refractivity contribution in [3.05, 3.63) is 28.5 Å². The van der Waals surface area contributed by atoms with E-state index in [4.69, 9.17) is 17.3 Å². The Bertz CT molecular complexity index is 308. The molecule has 0 aliphatic heterocycles. The maximum atomic E-state index is 5.87. The van der Waals surface area contributed by atoms with Crippen LogP contribution in [0.5, 0.6) is 0 Å². The van der Waals surface area contributed by atoms with Crippen LogP contribution in [-0.4, -0.2) is 4.98 Å². The molecule has 1 heterocycles. The number of halogens is 1. The summed E-state index contributed by atoms with van der Waals surface area (Å²) in [4.78, 5) is 4.14. The summed E-state index contributed by atoms with van der Waals surface area (Å²) in [5.41, 5.74) is 7.82. The Labute approximate surface area is 83.1 Å². The third-order valence-corrected chi connectivity index (χ3v) is 3.07. The monoisotopic (exact) mass is 196 g/mol. The van der Waals surface area contributed by atoms with Gasteiger partial charge in [-0.2, -0.15) is 0 Å². The lowest BCUT2D eigenvalue weighted by Crippen LogP contribution is -2.10. The minimum atomic E-state index is 0.479. The topological polar surface area (TPSA) is 38.9 Å². The Morgan fingerprint density at radius 2 is 2.31 bits per heavy atom. The molecule has 0 unspecified atom stereocenters. The zero-order chi connectivity index (χ0) is 9.26. The van der Waals surface area contributed by atoms with Gasteiger partial charge >= 0.3 is 0 Å². The molecule has 70 valence electrons. The van der Waals surface area contributed by atoms with Gasteiger partial charge in [-0.1, -0.05) is 18.0 Å². The van der Waals surface area contributed by atoms with Gasteiger partial charge in [-0.25, -0.2) is 4.98 Å². The molecule has 2 rings (SSSR count). The number of aromatic nitrogens is 1. The number of nitrogens with two attached hydrogens (primary N) is 1. The van der Waals surface area contributed by atoms with Crippen LogP contribution in [0.4, 0.5) is 0 Å². The molecule has 0 bridgehead atoms. The van der Waals surface area contributed by atoms with Gasteiger partial charge in [-0.3, -0.25) is 0 Å². The Morgan fingerprint density at radius 3 is 2.85 bits per heavy atom. The Kier molecular flexibility index (Phi) is 2.51. The molecule has 0 amide bonds. The molecule has 0 radical (unpaired) electrons. The van der Waals surface area contributed by atoms with Crippen molar-refractivity contribution in [2.45, 2.75) is 31.7 Å². The van der Waals surface area contributed by atoms with Gasteiger partial charge in [0.15, 0.2) is 0 Å². The molecule has 2 N–H and O–H groups in total. The molecule has 1 aromatic rings. The molecule has 1 aliphatic rings. The van der Waals surface area contributed by atoms with E-state index in [2.05, 4.69) is 11.1 Å². The number of pyridine rings is 1. The second kappa shape index (κ2) is 3.64. The molecular weight excluding hydrogens is 184 g/mol. The molecule has 0 saturated heterocycles. The lowest BCUT2D eigenvalue weighted by atomic mass is 9.80.